The second-order valence-electron chi connectivity index (χ2n) is 3.74. The maximum absolute atomic E-state index is 11.3. The lowest BCUT2D eigenvalue weighted by Gasteiger charge is -2.32. The molecule has 1 rings (SSSR count). The Morgan fingerprint density at radius 3 is 2.38 bits per heavy atom. The van der Waals surface area contributed by atoms with E-state index >= 15 is 0 Å². The molecule has 0 spiro atoms. The molecule has 0 saturated heterocycles. The number of nitrogens with two attached hydrogens (primary N) is 1. The van der Waals surface area contributed by atoms with Crippen molar-refractivity contribution >= 4 is 11.8 Å². The summed E-state index contributed by atoms with van der Waals surface area (Å²) in [5.41, 5.74) is 4.41. The largest absolute Gasteiger partial charge is 0.462 e. The van der Waals surface area contributed by atoms with Gasteiger partial charge in [0.05, 0.1) is 6.04 Å². The van der Waals surface area contributed by atoms with Crippen molar-refractivity contribution in [1.82, 2.24) is 0 Å². The summed E-state index contributed by atoms with van der Waals surface area (Å²) in [6, 6.07) is -0.190. The van der Waals surface area contributed by atoms with Crippen molar-refractivity contribution in [1.29, 1.82) is 0 Å². The van der Waals surface area contributed by atoms with Crippen LogP contribution in [-0.4, -0.2) is 23.4 Å². The van der Waals surface area contributed by atoms with Crippen molar-refractivity contribution in [3.05, 3.63) is 0 Å². The van der Waals surface area contributed by atoms with E-state index in [1.54, 1.807) is 6.92 Å². The lowest BCUT2D eigenvalue weighted by molar-refractivity contribution is -0.138. The van der Waals surface area contributed by atoms with Crippen molar-refractivity contribution in [2.45, 2.75) is 39.3 Å². The molecule has 4 nitrogen and oxygen atoms in total. The van der Waals surface area contributed by atoms with E-state index in [1.807, 2.05) is 20.8 Å². The third-order valence-electron chi connectivity index (χ3n) is 2.56. The van der Waals surface area contributed by atoms with Crippen molar-refractivity contribution in [3.8, 4) is 0 Å². The number of aliphatic imine (C=N–C) groups is 1. The highest BCUT2D eigenvalue weighted by Crippen LogP contribution is 2.32. The second kappa shape index (κ2) is 3.01. The van der Waals surface area contributed by atoms with E-state index in [1.165, 1.54) is 0 Å². The molecule has 2 N–H and O–H groups in total. The molecule has 0 aromatic carbocycles. The first-order chi connectivity index (χ1) is 5.91. The Morgan fingerprint density at radius 2 is 2.23 bits per heavy atom. The van der Waals surface area contributed by atoms with Crippen LogP contribution in [0.2, 0.25) is 0 Å². The van der Waals surface area contributed by atoms with Crippen LogP contribution in [0.25, 0.3) is 0 Å². The highest BCUT2D eigenvalue weighted by Gasteiger charge is 2.51. The highest BCUT2D eigenvalue weighted by molar-refractivity contribution is 5.90. The van der Waals surface area contributed by atoms with Gasteiger partial charge in [-0.3, -0.25) is 4.79 Å². The standard InChI is InChI=1S/C9H16N2O2/c1-5(2)9(8(10)12)6(3)11-7(4)13-9/h5-6H,1-4H3,(H2,10,12)/t6-,9-/m1/s1. The Labute approximate surface area is 78.2 Å². The van der Waals surface area contributed by atoms with E-state index in [4.69, 9.17) is 10.5 Å². The number of ether oxygens (including phenoxy) is 1. The third-order valence-corrected chi connectivity index (χ3v) is 2.56. The fourth-order valence-corrected chi connectivity index (χ4v) is 1.87. The molecule has 0 bridgehead atoms. The molecule has 1 aliphatic rings. The van der Waals surface area contributed by atoms with Gasteiger partial charge >= 0.3 is 0 Å². The smallest absolute Gasteiger partial charge is 0.264 e. The van der Waals surface area contributed by atoms with E-state index in [0.29, 0.717) is 5.90 Å². The van der Waals surface area contributed by atoms with Gasteiger partial charge in [0.1, 0.15) is 0 Å². The number of primary amides is 1. The summed E-state index contributed by atoms with van der Waals surface area (Å²) in [4.78, 5) is 15.5. The first-order valence-corrected chi connectivity index (χ1v) is 4.44. The van der Waals surface area contributed by atoms with Crippen LogP contribution in [0.4, 0.5) is 0 Å². The molecular formula is C9H16N2O2. The monoisotopic (exact) mass is 184 g/mol. The molecule has 1 amide bonds. The molecule has 4 heteroatoms. The van der Waals surface area contributed by atoms with E-state index in [-0.39, 0.29) is 12.0 Å². The van der Waals surface area contributed by atoms with Gasteiger partial charge in [-0.15, -0.1) is 0 Å². The van der Waals surface area contributed by atoms with Gasteiger partial charge in [0.2, 0.25) is 5.60 Å². The Morgan fingerprint density at radius 1 is 1.69 bits per heavy atom. The maximum atomic E-state index is 11.3. The molecule has 2 atom stereocenters. The first kappa shape index (κ1) is 10.0. The maximum Gasteiger partial charge on any atom is 0.264 e. The van der Waals surface area contributed by atoms with Crippen molar-refractivity contribution in [2.75, 3.05) is 0 Å². The predicted molar refractivity (Wildman–Crippen MR) is 50.4 cm³/mol. The summed E-state index contributed by atoms with van der Waals surface area (Å²) in [6.45, 7) is 7.41. The SMILES string of the molecule is CC1=N[C@H](C)[C@@](C(N)=O)(C(C)C)O1. The predicted octanol–water partition coefficient (Wildman–Crippen LogP) is 0.704. The van der Waals surface area contributed by atoms with E-state index in [9.17, 15) is 4.79 Å². The Hall–Kier alpha value is -1.06. The number of amides is 1. The number of carbonyl (C=O) groups excluding carboxylic acids is 1. The van der Waals surface area contributed by atoms with E-state index in [2.05, 4.69) is 4.99 Å². The first-order valence-electron chi connectivity index (χ1n) is 4.44. The molecular weight excluding hydrogens is 168 g/mol. The molecule has 13 heavy (non-hydrogen) atoms. The number of rotatable bonds is 2. The van der Waals surface area contributed by atoms with Crippen LogP contribution in [-0.2, 0) is 9.53 Å². The van der Waals surface area contributed by atoms with Crippen LogP contribution in [0.3, 0.4) is 0 Å². The normalized spacial score (nSPS) is 33.0. The Balaban J connectivity index is 3.03. The zero-order chi connectivity index (χ0) is 10.2. The van der Waals surface area contributed by atoms with Crippen LogP contribution in [0.15, 0.2) is 4.99 Å². The quantitative estimate of drug-likeness (QED) is 0.686. The van der Waals surface area contributed by atoms with Gasteiger partial charge in [-0.2, -0.15) is 0 Å². The van der Waals surface area contributed by atoms with Crippen LogP contribution >= 0.6 is 0 Å². The minimum atomic E-state index is -0.940. The topological polar surface area (TPSA) is 64.7 Å². The van der Waals surface area contributed by atoms with Crippen molar-refractivity contribution in [3.63, 3.8) is 0 Å². The molecule has 0 aliphatic carbocycles. The van der Waals surface area contributed by atoms with Crippen LogP contribution in [0.1, 0.15) is 27.7 Å². The molecule has 0 unspecified atom stereocenters. The summed E-state index contributed by atoms with van der Waals surface area (Å²) in [7, 11) is 0. The van der Waals surface area contributed by atoms with Gasteiger partial charge in [0, 0.05) is 12.8 Å². The van der Waals surface area contributed by atoms with E-state index in [0.717, 1.165) is 0 Å². The molecule has 0 aromatic rings. The van der Waals surface area contributed by atoms with Gasteiger partial charge in [-0.05, 0) is 6.92 Å². The number of nitrogens with zero attached hydrogens (tertiary/aromatic N) is 1. The zero-order valence-corrected chi connectivity index (χ0v) is 8.50. The summed E-state index contributed by atoms with van der Waals surface area (Å²) in [5, 5.41) is 0. The molecule has 0 fully saturated rings. The van der Waals surface area contributed by atoms with Crippen LogP contribution in [0.5, 0.6) is 0 Å². The number of hydrogen-bond donors (Lipinski definition) is 1. The molecule has 0 saturated carbocycles. The molecule has 0 aromatic heterocycles. The van der Waals surface area contributed by atoms with Gasteiger partial charge < -0.3 is 10.5 Å². The summed E-state index contributed by atoms with van der Waals surface area (Å²) < 4.78 is 5.46. The minimum absolute atomic E-state index is 0.0289. The number of carbonyl (C=O) groups is 1. The highest BCUT2D eigenvalue weighted by atomic mass is 16.5. The lowest BCUT2D eigenvalue weighted by atomic mass is 9.84. The lowest BCUT2D eigenvalue weighted by Crippen LogP contribution is -2.54. The molecule has 74 valence electrons. The Bertz CT molecular complexity index is 260. The fraction of sp³-hybridized carbons (Fsp3) is 0.778. The van der Waals surface area contributed by atoms with Crippen LogP contribution < -0.4 is 5.73 Å². The summed E-state index contributed by atoms with van der Waals surface area (Å²) in [6.07, 6.45) is 0. The van der Waals surface area contributed by atoms with E-state index < -0.39 is 11.5 Å². The minimum Gasteiger partial charge on any atom is -0.462 e. The van der Waals surface area contributed by atoms with Crippen molar-refractivity contribution in [2.24, 2.45) is 16.6 Å². The average molecular weight is 184 g/mol. The molecule has 1 aliphatic heterocycles. The molecule has 1 heterocycles. The van der Waals surface area contributed by atoms with Gasteiger partial charge in [0.15, 0.2) is 5.90 Å². The average Bonchev–Trinajstić information content (AvgIpc) is 2.26. The zero-order valence-electron chi connectivity index (χ0n) is 8.50. The van der Waals surface area contributed by atoms with Crippen LogP contribution in [0, 0.1) is 5.92 Å². The van der Waals surface area contributed by atoms with Gasteiger partial charge in [-0.25, -0.2) is 4.99 Å². The summed E-state index contributed by atoms with van der Waals surface area (Å²) in [5.74, 6) is 0.136. The second-order valence-corrected chi connectivity index (χ2v) is 3.74. The van der Waals surface area contributed by atoms with Crippen molar-refractivity contribution < 1.29 is 9.53 Å². The molecule has 0 radical (unpaired) electrons. The van der Waals surface area contributed by atoms with Gasteiger partial charge in [-0.1, -0.05) is 13.8 Å². The van der Waals surface area contributed by atoms with Gasteiger partial charge in [0.25, 0.3) is 5.91 Å². The Kier molecular flexibility index (Phi) is 2.32. The fourth-order valence-electron chi connectivity index (χ4n) is 1.87. The number of hydrogen-bond acceptors (Lipinski definition) is 3. The summed E-state index contributed by atoms with van der Waals surface area (Å²) >= 11 is 0. The third kappa shape index (κ3) is 1.30.